The highest BCUT2D eigenvalue weighted by Crippen LogP contribution is 2.45. The minimum absolute atomic E-state index is 0.104. The van der Waals surface area contributed by atoms with Crippen molar-refractivity contribution in [1.29, 1.82) is 0 Å². The van der Waals surface area contributed by atoms with E-state index >= 15 is 0 Å². The van der Waals surface area contributed by atoms with Gasteiger partial charge in [-0.3, -0.25) is 37.3 Å². The number of aliphatic hydroxyl groups is 1. The summed E-state index contributed by atoms with van der Waals surface area (Å²) in [6.07, 6.45) is 45.9. The molecule has 0 saturated carbocycles. The van der Waals surface area contributed by atoms with Crippen molar-refractivity contribution in [3.63, 3.8) is 0 Å². The summed E-state index contributed by atoms with van der Waals surface area (Å²) in [5.41, 5.74) is 0. The van der Waals surface area contributed by atoms with Crippen LogP contribution in [0.5, 0.6) is 0 Å². The van der Waals surface area contributed by atoms with E-state index in [-0.39, 0.29) is 25.7 Å². The molecule has 6 atom stereocenters. The fraction of sp³-hybridized carbons (Fsp3) is 0.945. The summed E-state index contributed by atoms with van der Waals surface area (Å²) in [6.45, 7) is 14.1. The van der Waals surface area contributed by atoms with Gasteiger partial charge in [0, 0.05) is 25.7 Å². The van der Waals surface area contributed by atoms with Crippen LogP contribution in [0.1, 0.15) is 364 Å². The van der Waals surface area contributed by atoms with E-state index in [2.05, 4.69) is 55.4 Å². The average Bonchev–Trinajstić information content (AvgIpc) is 3.68. The highest BCUT2D eigenvalue weighted by Gasteiger charge is 2.30. The van der Waals surface area contributed by atoms with Gasteiger partial charge >= 0.3 is 39.5 Å². The lowest BCUT2D eigenvalue weighted by Crippen LogP contribution is -2.30. The molecule has 0 rings (SSSR count). The summed E-state index contributed by atoms with van der Waals surface area (Å²) in [5.74, 6) is 0.901. The predicted molar refractivity (Wildman–Crippen MR) is 372 cm³/mol. The van der Waals surface area contributed by atoms with E-state index in [9.17, 15) is 43.2 Å². The second kappa shape index (κ2) is 62.6. The van der Waals surface area contributed by atoms with Crippen LogP contribution >= 0.6 is 15.6 Å². The van der Waals surface area contributed by atoms with Gasteiger partial charge in [0.2, 0.25) is 0 Å². The van der Waals surface area contributed by atoms with Crippen LogP contribution < -0.4 is 0 Å². The van der Waals surface area contributed by atoms with E-state index in [0.29, 0.717) is 31.6 Å². The number of carbonyl (C=O) groups is 4. The maximum Gasteiger partial charge on any atom is 0.472 e. The largest absolute Gasteiger partial charge is 0.472 e. The van der Waals surface area contributed by atoms with Crippen LogP contribution in [-0.2, 0) is 65.4 Å². The van der Waals surface area contributed by atoms with Crippen LogP contribution in [0.15, 0.2) is 0 Å². The zero-order valence-corrected chi connectivity index (χ0v) is 62.0. The minimum atomic E-state index is -4.95. The highest BCUT2D eigenvalue weighted by molar-refractivity contribution is 7.47. The van der Waals surface area contributed by atoms with Gasteiger partial charge in [0.1, 0.15) is 19.3 Å². The number of phosphoric ester groups is 2. The molecule has 0 saturated heterocycles. The predicted octanol–water partition coefficient (Wildman–Crippen LogP) is 20.9. The molecular weight excluding hydrogens is 1210 g/mol. The first kappa shape index (κ1) is 90.1. The fourth-order valence-electron chi connectivity index (χ4n) is 11.0. The molecule has 19 heteroatoms. The van der Waals surface area contributed by atoms with Gasteiger partial charge in [0.15, 0.2) is 12.2 Å². The zero-order valence-electron chi connectivity index (χ0n) is 60.2. The minimum Gasteiger partial charge on any atom is -0.462 e. The summed E-state index contributed by atoms with van der Waals surface area (Å²) >= 11 is 0. The van der Waals surface area contributed by atoms with Gasteiger partial charge in [-0.05, 0) is 49.4 Å². The second-order valence-electron chi connectivity index (χ2n) is 28.0. The monoisotopic (exact) mass is 1350 g/mol. The molecule has 0 radical (unpaired) electrons. The van der Waals surface area contributed by atoms with Crippen molar-refractivity contribution >= 4 is 39.5 Å². The van der Waals surface area contributed by atoms with Crippen molar-refractivity contribution in [2.45, 2.75) is 382 Å². The molecule has 0 aromatic carbocycles. The fourth-order valence-corrected chi connectivity index (χ4v) is 12.6. The Kier molecular flexibility index (Phi) is 61.3. The molecule has 0 fully saturated rings. The van der Waals surface area contributed by atoms with Crippen LogP contribution in [-0.4, -0.2) is 96.7 Å². The van der Waals surface area contributed by atoms with Crippen LogP contribution in [0.3, 0.4) is 0 Å². The normalized spacial score (nSPS) is 14.5. The number of ether oxygens (including phenoxy) is 4. The summed E-state index contributed by atoms with van der Waals surface area (Å²) in [4.78, 5) is 72.6. The smallest absolute Gasteiger partial charge is 0.462 e. The molecule has 17 nitrogen and oxygen atoms in total. The summed E-state index contributed by atoms with van der Waals surface area (Å²) in [6, 6.07) is 0. The zero-order chi connectivity index (χ0) is 68.2. The molecule has 0 aromatic heterocycles. The van der Waals surface area contributed by atoms with E-state index in [1.54, 1.807) is 0 Å². The Morgan fingerprint density at radius 1 is 0.304 bits per heavy atom. The first-order valence-corrected chi connectivity index (χ1v) is 40.7. The van der Waals surface area contributed by atoms with Gasteiger partial charge in [0.05, 0.1) is 26.4 Å². The highest BCUT2D eigenvalue weighted by atomic mass is 31.2. The van der Waals surface area contributed by atoms with Crippen molar-refractivity contribution in [3.8, 4) is 0 Å². The van der Waals surface area contributed by atoms with E-state index in [1.165, 1.54) is 161 Å². The Balaban J connectivity index is 5.22. The van der Waals surface area contributed by atoms with E-state index in [0.717, 1.165) is 114 Å². The van der Waals surface area contributed by atoms with Crippen LogP contribution in [0.25, 0.3) is 0 Å². The van der Waals surface area contributed by atoms with E-state index in [1.807, 2.05) is 0 Å². The summed E-state index contributed by atoms with van der Waals surface area (Å²) < 4.78 is 68.4. The molecule has 0 aromatic rings. The van der Waals surface area contributed by atoms with Crippen LogP contribution in [0, 0.1) is 23.7 Å². The Labute approximate surface area is 562 Å². The SMILES string of the molecule is CCC(C)CCCCCCCCCCCCCCCCC(=O)OC[C@H](COP(=O)(O)OCC(O)COP(=O)(O)OC[C@@H](COC(=O)CCCCCCCCCC(C)C)OC(=O)CCCCCCCCCCCC(C)C)OC(=O)CCCCCCCCCCCC(C)C. The van der Waals surface area contributed by atoms with E-state index in [4.69, 9.17) is 37.0 Å². The average molecular weight is 1350 g/mol. The van der Waals surface area contributed by atoms with Crippen molar-refractivity contribution < 1.29 is 80.2 Å². The van der Waals surface area contributed by atoms with Crippen molar-refractivity contribution in [2.75, 3.05) is 39.6 Å². The Morgan fingerprint density at radius 3 is 0.772 bits per heavy atom. The van der Waals surface area contributed by atoms with Gasteiger partial charge in [-0.1, -0.05) is 312 Å². The topological polar surface area (TPSA) is 237 Å². The Morgan fingerprint density at radius 2 is 0.522 bits per heavy atom. The van der Waals surface area contributed by atoms with Crippen molar-refractivity contribution in [2.24, 2.45) is 23.7 Å². The number of phosphoric acid groups is 2. The molecule has 0 heterocycles. The first-order valence-electron chi connectivity index (χ1n) is 37.7. The summed E-state index contributed by atoms with van der Waals surface area (Å²) in [5, 5.41) is 10.6. The lowest BCUT2D eigenvalue weighted by atomic mass is 9.99. The molecule has 4 unspecified atom stereocenters. The van der Waals surface area contributed by atoms with Gasteiger partial charge < -0.3 is 33.8 Å². The number of aliphatic hydroxyl groups excluding tert-OH is 1. The number of esters is 4. The Bertz CT molecular complexity index is 1820. The van der Waals surface area contributed by atoms with Gasteiger partial charge in [-0.2, -0.15) is 0 Å². The lowest BCUT2D eigenvalue weighted by molar-refractivity contribution is -0.161. The molecule has 0 amide bonds. The lowest BCUT2D eigenvalue weighted by Gasteiger charge is -2.21. The summed E-state index contributed by atoms with van der Waals surface area (Å²) in [7, 11) is -9.91. The molecule has 546 valence electrons. The van der Waals surface area contributed by atoms with Gasteiger partial charge in [0.25, 0.3) is 0 Å². The van der Waals surface area contributed by atoms with Crippen molar-refractivity contribution in [1.82, 2.24) is 0 Å². The van der Waals surface area contributed by atoms with Gasteiger partial charge in [-0.25, -0.2) is 9.13 Å². The maximum atomic E-state index is 13.0. The molecule has 0 aliphatic carbocycles. The van der Waals surface area contributed by atoms with Crippen molar-refractivity contribution in [3.05, 3.63) is 0 Å². The molecule has 0 spiro atoms. The van der Waals surface area contributed by atoms with Crippen LogP contribution in [0.2, 0.25) is 0 Å². The standard InChI is InChI=1S/C73H142O17P2/c1-9-66(8)52-44-36-28-20-14-12-10-11-13-15-21-29-37-45-53-70(75)83-59-68(89-72(77)55-47-39-30-22-16-18-25-33-41-49-63(2)3)61-87-91(79,80)85-57-67(74)58-86-92(81,82)88-62-69(60-84-71(76)54-46-38-32-24-27-35-43-51-65(6)7)90-73(78)56-48-40-31-23-17-19-26-34-42-50-64(4)5/h63-69,74H,9-62H2,1-8H3,(H,79,80)(H,81,82)/t66?,67?,68-,69-/m1/s1. The molecule has 0 bridgehead atoms. The third-order valence-corrected chi connectivity index (χ3v) is 19.1. The molecular formula is C73H142O17P2. The number of carbonyl (C=O) groups excluding carboxylic acids is 4. The number of rotatable bonds is 70. The number of unbranched alkanes of at least 4 members (excludes halogenated alkanes) is 35. The molecule has 0 aliphatic heterocycles. The maximum absolute atomic E-state index is 13.0. The second-order valence-corrected chi connectivity index (χ2v) is 30.9. The van der Waals surface area contributed by atoms with Crippen LogP contribution in [0.4, 0.5) is 0 Å². The first-order chi connectivity index (χ1) is 44.1. The molecule has 0 aliphatic rings. The third-order valence-electron chi connectivity index (χ3n) is 17.2. The number of hydrogen-bond acceptors (Lipinski definition) is 15. The van der Waals surface area contributed by atoms with Gasteiger partial charge in [-0.15, -0.1) is 0 Å². The quantitative estimate of drug-likeness (QED) is 0.0222. The molecule has 3 N–H and O–H groups in total. The molecule has 92 heavy (non-hydrogen) atoms. The third kappa shape index (κ3) is 65.4. The Hall–Kier alpha value is -1.94. The number of hydrogen-bond donors (Lipinski definition) is 3. The van der Waals surface area contributed by atoms with E-state index < -0.39 is 97.5 Å².